The highest BCUT2D eigenvalue weighted by Crippen LogP contribution is 2.30. The lowest BCUT2D eigenvalue weighted by molar-refractivity contribution is 0.182. The zero-order valence-corrected chi connectivity index (χ0v) is 14.0. The second kappa shape index (κ2) is 5.95. The Morgan fingerprint density at radius 3 is 2.43 bits per heavy atom. The summed E-state index contributed by atoms with van der Waals surface area (Å²) in [4.78, 5) is 2.07. The van der Waals surface area contributed by atoms with Gasteiger partial charge >= 0.3 is 0 Å². The topological polar surface area (TPSA) is 40.6 Å². The highest BCUT2D eigenvalue weighted by Gasteiger charge is 2.32. The Kier molecular flexibility index (Phi) is 4.36. The minimum Gasteiger partial charge on any atom is -0.300 e. The molecule has 1 aromatic rings. The van der Waals surface area contributed by atoms with Crippen LogP contribution in [0, 0.1) is 11.7 Å². The standard InChI is InChI=1S/C14H18BrFN2O2S/c15-12-3-4-14(13(16)9-12)21(19,20)18-7-5-17(6-8-18)10-11-1-2-11/h3-4,9,11H,1-2,5-8,10H2. The molecule has 0 bridgehead atoms. The van der Waals surface area contributed by atoms with Gasteiger partial charge in [0.05, 0.1) is 0 Å². The van der Waals surface area contributed by atoms with Gasteiger partial charge < -0.3 is 4.90 Å². The first-order chi connectivity index (χ1) is 9.96. The van der Waals surface area contributed by atoms with Crippen LogP contribution in [0.1, 0.15) is 12.8 Å². The normalized spacial score (nSPS) is 21.6. The fourth-order valence-electron chi connectivity index (χ4n) is 2.64. The number of hydrogen-bond donors (Lipinski definition) is 0. The van der Waals surface area contributed by atoms with Crippen LogP contribution < -0.4 is 0 Å². The lowest BCUT2D eigenvalue weighted by Crippen LogP contribution is -2.49. The Hall–Kier alpha value is -0.500. The second-order valence-corrected chi connectivity index (χ2v) is 8.54. The molecule has 116 valence electrons. The van der Waals surface area contributed by atoms with Gasteiger partial charge in [0.15, 0.2) is 0 Å². The average Bonchev–Trinajstić information content (AvgIpc) is 3.23. The molecule has 1 saturated heterocycles. The third kappa shape index (κ3) is 3.47. The maximum absolute atomic E-state index is 13.9. The van der Waals surface area contributed by atoms with Crippen LogP contribution in [0.25, 0.3) is 0 Å². The predicted molar refractivity (Wildman–Crippen MR) is 82.0 cm³/mol. The molecule has 0 amide bonds. The molecule has 1 saturated carbocycles. The Bertz CT molecular complexity index is 626. The molecule has 1 aliphatic carbocycles. The van der Waals surface area contributed by atoms with Crippen molar-refractivity contribution in [3.8, 4) is 0 Å². The summed E-state index contributed by atoms with van der Waals surface area (Å²) >= 11 is 3.14. The summed E-state index contributed by atoms with van der Waals surface area (Å²) in [5.74, 6) is 0.0989. The molecule has 2 aliphatic rings. The van der Waals surface area contributed by atoms with E-state index in [0.717, 1.165) is 25.6 Å². The van der Waals surface area contributed by atoms with Gasteiger partial charge in [-0.15, -0.1) is 0 Å². The second-order valence-electron chi connectivity index (χ2n) is 5.72. The molecule has 1 heterocycles. The Labute approximate surface area is 133 Å². The van der Waals surface area contributed by atoms with Crippen LogP contribution in [0.4, 0.5) is 4.39 Å². The van der Waals surface area contributed by atoms with E-state index in [1.807, 2.05) is 0 Å². The average molecular weight is 377 g/mol. The first kappa shape index (κ1) is 15.4. The summed E-state index contributed by atoms with van der Waals surface area (Å²) in [6, 6.07) is 4.07. The monoisotopic (exact) mass is 376 g/mol. The summed E-state index contributed by atoms with van der Waals surface area (Å²) in [5.41, 5.74) is 0. The lowest BCUT2D eigenvalue weighted by Gasteiger charge is -2.34. The molecule has 0 aromatic heterocycles. The molecule has 0 unspecified atom stereocenters. The Balaban J connectivity index is 1.70. The van der Waals surface area contributed by atoms with E-state index >= 15 is 0 Å². The molecule has 1 aromatic carbocycles. The molecular formula is C14H18BrFN2O2S. The molecule has 0 spiro atoms. The van der Waals surface area contributed by atoms with Crippen LogP contribution in [-0.4, -0.2) is 50.3 Å². The van der Waals surface area contributed by atoms with E-state index < -0.39 is 15.8 Å². The van der Waals surface area contributed by atoms with E-state index in [2.05, 4.69) is 20.8 Å². The van der Waals surface area contributed by atoms with E-state index in [4.69, 9.17) is 0 Å². The third-order valence-electron chi connectivity index (χ3n) is 4.06. The van der Waals surface area contributed by atoms with Gasteiger partial charge in [-0.2, -0.15) is 4.31 Å². The Morgan fingerprint density at radius 1 is 1.19 bits per heavy atom. The van der Waals surface area contributed by atoms with Gasteiger partial charge in [0.1, 0.15) is 10.7 Å². The SMILES string of the molecule is O=S(=O)(c1ccc(Br)cc1F)N1CCN(CC2CC2)CC1. The maximum atomic E-state index is 13.9. The highest BCUT2D eigenvalue weighted by atomic mass is 79.9. The summed E-state index contributed by atoms with van der Waals surface area (Å²) < 4.78 is 40.9. The van der Waals surface area contributed by atoms with Crippen LogP contribution >= 0.6 is 15.9 Å². The number of benzene rings is 1. The summed E-state index contributed by atoms with van der Waals surface area (Å²) in [6.07, 6.45) is 2.59. The van der Waals surface area contributed by atoms with E-state index in [1.54, 1.807) is 6.07 Å². The van der Waals surface area contributed by atoms with E-state index in [1.165, 1.54) is 29.3 Å². The van der Waals surface area contributed by atoms with E-state index in [0.29, 0.717) is 17.6 Å². The van der Waals surface area contributed by atoms with Gasteiger partial charge in [0.25, 0.3) is 0 Å². The van der Waals surface area contributed by atoms with Gasteiger partial charge in [0.2, 0.25) is 10.0 Å². The molecule has 7 heteroatoms. The fraction of sp³-hybridized carbons (Fsp3) is 0.571. The zero-order chi connectivity index (χ0) is 15.0. The minimum atomic E-state index is -3.73. The van der Waals surface area contributed by atoms with Crippen LogP contribution in [0.5, 0.6) is 0 Å². The summed E-state index contributed by atoms with van der Waals surface area (Å²) in [6.45, 7) is 3.40. The molecule has 2 fully saturated rings. The van der Waals surface area contributed by atoms with Crippen molar-refractivity contribution in [2.45, 2.75) is 17.7 Å². The van der Waals surface area contributed by atoms with Gasteiger partial charge in [0, 0.05) is 37.2 Å². The molecule has 0 N–H and O–H groups in total. The quantitative estimate of drug-likeness (QED) is 0.809. The van der Waals surface area contributed by atoms with Crippen molar-refractivity contribution in [3.05, 3.63) is 28.5 Å². The molecule has 0 radical (unpaired) electrons. The highest BCUT2D eigenvalue weighted by molar-refractivity contribution is 9.10. The number of nitrogens with zero attached hydrogens (tertiary/aromatic N) is 2. The summed E-state index contributed by atoms with van der Waals surface area (Å²) in [5, 5.41) is 0. The first-order valence-corrected chi connectivity index (χ1v) is 9.37. The smallest absolute Gasteiger partial charge is 0.246 e. The zero-order valence-electron chi connectivity index (χ0n) is 11.6. The van der Waals surface area contributed by atoms with Crippen LogP contribution in [-0.2, 0) is 10.0 Å². The predicted octanol–water partition coefficient (Wildman–Crippen LogP) is 2.30. The molecule has 3 rings (SSSR count). The van der Waals surface area contributed by atoms with Crippen molar-refractivity contribution >= 4 is 26.0 Å². The fourth-order valence-corrected chi connectivity index (χ4v) is 4.44. The van der Waals surface area contributed by atoms with Crippen molar-refractivity contribution in [2.24, 2.45) is 5.92 Å². The third-order valence-corrected chi connectivity index (χ3v) is 6.48. The number of rotatable bonds is 4. The lowest BCUT2D eigenvalue weighted by atomic mass is 10.3. The van der Waals surface area contributed by atoms with Crippen LogP contribution in [0.3, 0.4) is 0 Å². The van der Waals surface area contributed by atoms with Gasteiger partial charge in [-0.25, -0.2) is 12.8 Å². The van der Waals surface area contributed by atoms with Gasteiger partial charge in [-0.3, -0.25) is 0 Å². The number of halogens is 2. The van der Waals surface area contributed by atoms with E-state index in [9.17, 15) is 12.8 Å². The van der Waals surface area contributed by atoms with Crippen molar-refractivity contribution in [3.63, 3.8) is 0 Å². The number of sulfonamides is 1. The van der Waals surface area contributed by atoms with Gasteiger partial charge in [-0.05, 0) is 37.0 Å². The Morgan fingerprint density at radius 2 is 1.86 bits per heavy atom. The van der Waals surface area contributed by atoms with Crippen LogP contribution in [0.15, 0.2) is 27.6 Å². The molecular weight excluding hydrogens is 359 g/mol. The molecule has 1 aliphatic heterocycles. The van der Waals surface area contributed by atoms with Crippen molar-refractivity contribution in [1.29, 1.82) is 0 Å². The van der Waals surface area contributed by atoms with Crippen molar-refractivity contribution in [1.82, 2.24) is 9.21 Å². The largest absolute Gasteiger partial charge is 0.300 e. The molecule has 21 heavy (non-hydrogen) atoms. The summed E-state index contributed by atoms with van der Waals surface area (Å²) in [7, 11) is -3.73. The number of hydrogen-bond acceptors (Lipinski definition) is 3. The number of piperazine rings is 1. The van der Waals surface area contributed by atoms with Crippen molar-refractivity contribution in [2.75, 3.05) is 32.7 Å². The molecule has 0 atom stereocenters. The minimum absolute atomic E-state index is 0.235. The maximum Gasteiger partial charge on any atom is 0.246 e. The van der Waals surface area contributed by atoms with Crippen molar-refractivity contribution < 1.29 is 12.8 Å². The van der Waals surface area contributed by atoms with E-state index in [-0.39, 0.29) is 4.90 Å². The van der Waals surface area contributed by atoms with Crippen LogP contribution in [0.2, 0.25) is 0 Å². The first-order valence-electron chi connectivity index (χ1n) is 7.14. The molecule has 4 nitrogen and oxygen atoms in total. The van der Waals surface area contributed by atoms with Gasteiger partial charge in [-0.1, -0.05) is 15.9 Å².